The second-order valence-corrected chi connectivity index (χ2v) is 7.03. The normalized spacial score (nSPS) is 28.6. The van der Waals surface area contributed by atoms with Crippen molar-refractivity contribution in [2.45, 2.75) is 50.0 Å². The molecule has 3 saturated heterocycles. The summed E-state index contributed by atoms with van der Waals surface area (Å²) >= 11 is 0. The van der Waals surface area contributed by atoms with Crippen molar-refractivity contribution in [3.8, 4) is 0 Å². The third-order valence-corrected chi connectivity index (χ3v) is 5.33. The largest absolute Gasteiger partial charge is 0.381 e. The molecule has 3 fully saturated rings. The van der Waals surface area contributed by atoms with Crippen LogP contribution in [0, 0.1) is 0 Å². The lowest BCUT2D eigenvalue weighted by atomic mass is 9.82. The SMILES string of the molecule is c1ccc(COC2CCOC3(C2)CN(C2CCOCC2)C3)nc1. The molecular formula is C18H26N2O3. The van der Waals surface area contributed by atoms with Gasteiger partial charge in [-0.25, -0.2) is 0 Å². The lowest BCUT2D eigenvalue weighted by Crippen LogP contribution is -2.68. The summed E-state index contributed by atoms with van der Waals surface area (Å²) in [5, 5.41) is 0. The molecule has 5 heteroatoms. The molecule has 3 aliphatic rings. The van der Waals surface area contributed by atoms with Gasteiger partial charge in [-0.2, -0.15) is 0 Å². The average Bonchev–Trinajstić information content (AvgIpc) is 2.60. The van der Waals surface area contributed by atoms with Gasteiger partial charge >= 0.3 is 0 Å². The topological polar surface area (TPSA) is 43.8 Å². The smallest absolute Gasteiger partial charge is 0.0959 e. The Bertz CT molecular complexity index is 498. The molecule has 0 radical (unpaired) electrons. The van der Waals surface area contributed by atoms with Crippen LogP contribution >= 0.6 is 0 Å². The Morgan fingerprint density at radius 2 is 2.04 bits per heavy atom. The maximum Gasteiger partial charge on any atom is 0.0959 e. The summed E-state index contributed by atoms with van der Waals surface area (Å²) in [7, 11) is 0. The van der Waals surface area contributed by atoms with Crippen molar-refractivity contribution in [1.29, 1.82) is 0 Å². The standard InChI is InChI=1S/C18H26N2O3/c1-2-7-19-15(3-1)12-22-17-6-10-23-18(11-17)13-20(14-18)16-4-8-21-9-5-16/h1-3,7,16-17H,4-6,8-14H2. The zero-order chi connectivity index (χ0) is 15.5. The molecule has 3 aliphatic heterocycles. The summed E-state index contributed by atoms with van der Waals surface area (Å²) in [6.45, 7) is 5.34. The van der Waals surface area contributed by atoms with Crippen LogP contribution in [0.1, 0.15) is 31.4 Å². The third-order valence-electron chi connectivity index (χ3n) is 5.33. The first-order chi connectivity index (χ1) is 11.3. The molecule has 4 rings (SSSR count). The third kappa shape index (κ3) is 3.58. The van der Waals surface area contributed by atoms with E-state index >= 15 is 0 Å². The van der Waals surface area contributed by atoms with Gasteiger partial charge in [0.1, 0.15) is 0 Å². The molecule has 1 aromatic heterocycles. The molecule has 4 heterocycles. The van der Waals surface area contributed by atoms with E-state index < -0.39 is 0 Å². The Morgan fingerprint density at radius 3 is 2.83 bits per heavy atom. The molecule has 1 atom stereocenters. The molecule has 0 aliphatic carbocycles. The molecule has 0 aromatic carbocycles. The molecule has 1 unspecified atom stereocenters. The highest BCUT2D eigenvalue weighted by molar-refractivity contribution is 5.04. The number of hydrogen-bond acceptors (Lipinski definition) is 5. The minimum Gasteiger partial charge on any atom is -0.381 e. The van der Waals surface area contributed by atoms with Crippen molar-refractivity contribution in [1.82, 2.24) is 9.88 Å². The molecule has 0 N–H and O–H groups in total. The predicted octanol–water partition coefficient (Wildman–Crippen LogP) is 2.01. The van der Waals surface area contributed by atoms with E-state index in [4.69, 9.17) is 14.2 Å². The fourth-order valence-corrected chi connectivity index (χ4v) is 4.03. The molecule has 23 heavy (non-hydrogen) atoms. The second kappa shape index (κ2) is 6.85. The van der Waals surface area contributed by atoms with Crippen molar-refractivity contribution in [3.63, 3.8) is 0 Å². The Morgan fingerprint density at radius 1 is 1.17 bits per heavy atom. The summed E-state index contributed by atoms with van der Waals surface area (Å²) in [6, 6.07) is 6.65. The zero-order valence-electron chi connectivity index (χ0n) is 13.7. The predicted molar refractivity (Wildman–Crippen MR) is 86.1 cm³/mol. The van der Waals surface area contributed by atoms with Crippen LogP contribution < -0.4 is 0 Å². The van der Waals surface area contributed by atoms with E-state index in [9.17, 15) is 0 Å². The van der Waals surface area contributed by atoms with Crippen LogP contribution in [0.15, 0.2) is 24.4 Å². The number of pyridine rings is 1. The molecule has 5 nitrogen and oxygen atoms in total. The number of rotatable bonds is 4. The Hall–Kier alpha value is -1.01. The van der Waals surface area contributed by atoms with E-state index in [1.807, 2.05) is 24.4 Å². The van der Waals surface area contributed by atoms with Gasteiger partial charge in [0.15, 0.2) is 0 Å². The van der Waals surface area contributed by atoms with Crippen molar-refractivity contribution in [3.05, 3.63) is 30.1 Å². The van der Waals surface area contributed by atoms with E-state index in [1.54, 1.807) is 0 Å². The molecule has 0 saturated carbocycles. The lowest BCUT2D eigenvalue weighted by molar-refractivity contribution is -0.210. The number of aromatic nitrogens is 1. The Balaban J connectivity index is 1.26. The number of nitrogens with zero attached hydrogens (tertiary/aromatic N) is 2. The minimum atomic E-state index is 0.0331. The number of likely N-dealkylation sites (tertiary alicyclic amines) is 1. The highest BCUT2D eigenvalue weighted by atomic mass is 16.5. The Labute approximate surface area is 137 Å². The zero-order valence-corrected chi connectivity index (χ0v) is 13.7. The monoisotopic (exact) mass is 318 g/mol. The van der Waals surface area contributed by atoms with E-state index in [2.05, 4.69) is 9.88 Å². The molecular weight excluding hydrogens is 292 g/mol. The lowest BCUT2D eigenvalue weighted by Gasteiger charge is -2.56. The van der Waals surface area contributed by atoms with Crippen molar-refractivity contribution < 1.29 is 14.2 Å². The van der Waals surface area contributed by atoms with Crippen LogP contribution in [0.3, 0.4) is 0 Å². The van der Waals surface area contributed by atoms with Gasteiger partial charge in [-0.05, 0) is 31.4 Å². The molecule has 1 spiro atoms. The highest BCUT2D eigenvalue weighted by Crippen LogP contribution is 2.37. The fourth-order valence-electron chi connectivity index (χ4n) is 4.03. The molecule has 1 aromatic rings. The van der Waals surface area contributed by atoms with Gasteiger partial charge in [0, 0.05) is 51.6 Å². The van der Waals surface area contributed by atoms with Crippen molar-refractivity contribution in [2.24, 2.45) is 0 Å². The van der Waals surface area contributed by atoms with Gasteiger partial charge < -0.3 is 14.2 Å². The van der Waals surface area contributed by atoms with Crippen LogP contribution in [0.25, 0.3) is 0 Å². The number of ether oxygens (including phenoxy) is 3. The summed E-state index contributed by atoms with van der Waals surface area (Å²) in [5.74, 6) is 0. The maximum absolute atomic E-state index is 6.14. The van der Waals surface area contributed by atoms with Crippen LogP contribution in [0.2, 0.25) is 0 Å². The van der Waals surface area contributed by atoms with Gasteiger partial charge in [0.25, 0.3) is 0 Å². The fraction of sp³-hybridized carbons (Fsp3) is 0.722. The summed E-state index contributed by atoms with van der Waals surface area (Å²) in [5.41, 5.74) is 1.04. The van der Waals surface area contributed by atoms with Crippen molar-refractivity contribution >= 4 is 0 Å². The van der Waals surface area contributed by atoms with Crippen molar-refractivity contribution in [2.75, 3.05) is 32.9 Å². The van der Waals surface area contributed by atoms with Crippen LogP contribution in [-0.2, 0) is 20.8 Å². The van der Waals surface area contributed by atoms with Gasteiger partial charge in [0.05, 0.1) is 24.0 Å². The highest BCUT2D eigenvalue weighted by Gasteiger charge is 2.49. The van der Waals surface area contributed by atoms with Gasteiger partial charge in [-0.1, -0.05) is 6.07 Å². The van der Waals surface area contributed by atoms with Crippen LogP contribution in [-0.4, -0.2) is 60.5 Å². The van der Waals surface area contributed by atoms with E-state index in [-0.39, 0.29) is 5.60 Å². The van der Waals surface area contributed by atoms with E-state index in [1.165, 1.54) is 0 Å². The first-order valence-electron chi connectivity index (χ1n) is 8.80. The Kier molecular flexibility index (Phi) is 4.62. The summed E-state index contributed by atoms with van der Waals surface area (Å²) in [4.78, 5) is 6.90. The first-order valence-corrected chi connectivity index (χ1v) is 8.80. The molecule has 126 valence electrons. The quantitative estimate of drug-likeness (QED) is 0.850. The summed E-state index contributed by atoms with van der Waals surface area (Å²) in [6.07, 6.45) is 6.45. The second-order valence-electron chi connectivity index (χ2n) is 7.03. The minimum absolute atomic E-state index is 0.0331. The van der Waals surface area contributed by atoms with E-state index in [0.717, 1.165) is 64.3 Å². The summed E-state index contributed by atoms with van der Waals surface area (Å²) < 4.78 is 17.7. The van der Waals surface area contributed by atoms with Crippen LogP contribution in [0.5, 0.6) is 0 Å². The van der Waals surface area contributed by atoms with Gasteiger partial charge in [-0.3, -0.25) is 9.88 Å². The van der Waals surface area contributed by atoms with Crippen LogP contribution in [0.4, 0.5) is 0 Å². The molecule has 0 amide bonds. The maximum atomic E-state index is 6.14. The first kappa shape index (κ1) is 15.5. The average molecular weight is 318 g/mol. The number of hydrogen-bond donors (Lipinski definition) is 0. The van der Waals surface area contributed by atoms with E-state index in [0.29, 0.717) is 18.8 Å². The van der Waals surface area contributed by atoms with Gasteiger partial charge in [0.2, 0.25) is 0 Å². The molecule has 0 bridgehead atoms. The van der Waals surface area contributed by atoms with Gasteiger partial charge in [-0.15, -0.1) is 0 Å².